The van der Waals surface area contributed by atoms with Crippen LogP contribution in [0, 0.1) is 0 Å². The van der Waals surface area contributed by atoms with E-state index in [1.54, 1.807) is 0 Å². The van der Waals surface area contributed by atoms with Crippen molar-refractivity contribution in [2.45, 2.75) is 0 Å². The Morgan fingerprint density at radius 3 is 1.65 bits per heavy atom. The van der Waals surface area contributed by atoms with Gasteiger partial charge in [0.2, 0.25) is 0 Å². The fourth-order valence-corrected chi connectivity index (χ4v) is 9.99. The Balaban J connectivity index is 0.866. The van der Waals surface area contributed by atoms with Gasteiger partial charge in [-0.05, 0) is 101 Å². The minimum Gasteiger partial charge on any atom is -0.456 e. The highest BCUT2D eigenvalue weighted by molar-refractivity contribution is 6.23. The molecule has 11 aromatic carbocycles. The second-order valence-electron chi connectivity index (χ2n) is 16.8. The Morgan fingerprint density at radius 2 is 0.862 bits per heavy atom. The maximum absolute atomic E-state index is 6.27. The Bertz CT molecular complexity index is 3980. The van der Waals surface area contributed by atoms with E-state index in [9.17, 15) is 0 Å². The predicted octanol–water partition coefficient (Wildman–Crippen LogP) is 17.0. The average Bonchev–Trinajstić information content (AvgIpc) is 3.77. The fourth-order valence-electron chi connectivity index (χ4n) is 9.99. The van der Waals surface area contributed by atoms with Crippen LogP contribution in [0.15, 0.2) is 235 Å². The van der Waals surface area contributed by atoms with Crippen LogP contribution < -0.4 is 0 Å². The summed E-state index contributed by atoms with van der Waals surface area (Å²) in [7, 11) is 0. The number of rotatable bonds is 6. The molecule has 2 heterocycles. The molecule has 0 aliphatic rings. The molecule has 0 N–H and O–H groups in total. The third-order valence-electron chi connectivity index (χ3n) is 13.1. The molecule has 0 fully saturated rings. The normalized spacial score (nSPS) is 11.7. The van der Waals surface area contributed by atoms with Crippen molar-refractivity contribution in [1.82, 2.24) is 9.97 Å². The van der Waals surface area contributed by atoms with Crippen LogP contribution in [-0.2, 0) is 0 Å². The van der Waals surface area contributed by atoms with Crippen molar-refractivity contribution in [2.75, 3.05) is 0 Å². The van der Waals surface area contributed by atoms with E-state index in [0.717, 1.165) is 61.1 Å². The van der Waals surface area contributed by atoms with Crippen LogP contribution in [0.3, 0.4) is 0 Å². The van der Waals surface area contributed by atoms with Gasteiger partial charge in [0.05, 0.1) is 11.4 Å². The molecule has 0 spiro atoms. The Labute approximate surface area is 375 Å². The van der Waals surface area contributed by atoms with Gasteiger partial charge >= 0.3 is 0 Å². The zero-order chi connectivity index (χ0) is 42.8. The molecule has 0 unspecified atom stereocenters. The molecule has 0 saturated heterocycles. The molecule has 0 aliphatic carbocycles. The maximum atomic E-state index is 6.27. The van der Waals surface area contributed by atoms with Gasteiger partial charge in [-0.25, -0.2) is 9.97 Å². The molecular weight excluding hydrogens is 789 g/mol. The summed E-state index contributed by atoms with van der Waals surface area (Å²) in [6, 6.07) is 82.4. The first kappa shape index (κ1) is 36.9. The van der Waals surface area contributed by atoms with Crippen LogP contribution in [0.5, 0.6) is 0 Å². The van der Waals surface area contributed by atoms with E-state index in [1.807, 2.05) is 42.5 Å². The summed E-state index contributed by atoms with van der Waals surface area (Å²) in [6.45, 7) is 0. The van der Waals surface area contributed by atoms with Gasteiger partial charge in [0.1, 0.15) is 11.2 Å². The highest BCUT2D eigenvalue weighted by Crippen LogP contribution is 2.44. The minimum absolute atomic E-state index is 0.683. The second kappa shape index (κ2) is 15.0. The van der Waals surface area contributed by atoms with E-state index in [1.165, 1.54) is 65.3 Å². The number of furan rings is 1. The molecule has 0 radical (unpaired) electrons. The van der Waals surface area contributed by atoms with E-state index < -0.39 is 0 Å². The van der Waals surface area contributed by atoms with E-state index in [4.69, 9.17) is 14.4 Å². The van der Waals surface area contributed by atoms with E-state index in [2.05, 4.69) is 188 Å². The van der Waals surface area contributed by atoms with Gasteiger partial charge in [-0.3, -0.25) is 0 Å². The van der Waals surface area contributed by atoms with Gasteiger partial charge in [-0.1, -0.05) is 206 Å². The maximum Gasteiger partial charge on any atom is 0.160 e. The van der Waals surface area contributed by atoms with Crippen LogP contribution >= 0.6 is 0 Å². The lowest BCUT2D eigenvalue weighted by molar-refractivity contribution is 0.669. The average molecular weight is 827 g/mol. The molecule has 0 atom stereocenters. The molecule has 13 aromatic rings. The molecule has 0 saturated carbocycles. The molecule has 0 bridgehead atoms. The number of hydrogen-bond donors (Lipinski definition) is 0. The molecule has 65 heavy (non-hydrogen) atoms. The summed E-state index contributed by atoms with van der Waals surface area (Å²) in [5.74, 6) is 0.683. The summed E-state index contributed by atoms with van der Waals surface area (Å²) in [5.41, 5.74) is 13.7. The quantitative estimate of drug-likeness (QED) is 0.124. The molecule has 3 nitrogen and oxygen atoms in total. The first-order valence-corrected chi connectivity index (χ1v) is 22.1. The van der Waals surface area contributed by atoms with Crippen LogP contribution in [0.4, 0.5) is 0 Å². The zero-order valence-electron chi connectivity index (χ0n) is 35.2. The number of aromatic nitrogens is 2. The number of benzene rings is 11. The van der Waals surface area contributed by atoms with Gasteiger partial charge in [-0.2, -0.15) is 0 Å². The topological polar surface area (TPSA) is 38.9 Å². The molecule has 302 valence electrons. The van der Waals surface area contributed by atoms with Gasteiger partial charge in [0.15, 0.2) is 5.82 Å². The summed E-state index contributed by atoms with van der Waals surface area (Å²) in [4.78, 5) is 10.3. The summed E-state index contributed by atoms with van der Waals surface area (Å²) < 4.78 is 6.27. The molecule has 2 aromatic heterocycles. The van der Waals surface area contributed by atoms with E-state index in [-0.39, 0.29) is 0 Å². The number of nitrogens with zero attached hydrogens (tertiary/aromatic N) is 2. The van der Waals surface area contributed by atoms with E-state index in [0.29, 0.717) is 5.82 Å². The van der Waals surface area contributed by atoms with Crippen LogP contribution in [-0.4, -0.2) is 9.97 Å². The van der Waals surface area contributed by atoms with Crippen molar-refractivity contribution < 1.29 is 4.42 Å². The lowest BCUT2D eigenvalue weighted by Gasteiger charge is -2.17. The Hall–Kier alpha value is -8.66. The third-order valence-corrected chi connectivity index (χ3v) is 13.1. The van der Waals surface area contributed by atoms with Crippen molar-refractivity contribution in [1.29, 1.82) is 0 Å². The van der Waals surface area contributed by atoms with Crippen molar-refractivity contribution in [3.8, 4) is 67.3 Å². The molecular formula is C62H38N2O. The second-order valence-corrected chi connectivity index (χ2v) is 16.8. The summed E-state index contributed by atoms with van der Waals surface area (Å²) in [5, 5.41) is 12.2. The highest BCUT2D eigenvalue weighted by Gasteiger charge is 2.19. The van der Waals surface area contributed by atoms with Crippen molar-refractivity contribution >= 4 is 65.0 Å². The Kier molecular flexibility index (Phi) is 8.53. The zero-order valence-corrected chi connectivity index (χ0v) is 35.2. The third kappa shape index (κ3) is 6.20. The van der Waals surface area contributed by atoms with Crippen molar-refractivity contribution in [2.24, 2.45) is 0 Å². The van der Waals surface area contributed by atoms with Gasteiger partial charge in [-0.15, -0.1) is 0 Å². The lowest BCUT2D eigenvalue weighted by atomic mass is 9.86. The minimum atomic E-state index is 0.683. The molecule has 3 heteroatoms. The van der Waals surface area contributed by atoms with Crippen molar-refractivity contribution in [3.63, 3.8) is 0 Å². The first-order chi connectivity index (χ1) is 32.2. The van der Waals surface area contributed by atoms with Crippen LogP contribution in [0.2, 0.25) is 0 Å². The SMILES string of the molecule is c1ccc(-c2nc(-c3ccc(-c4ccc(-c5ccc(-c6c7ccccc7cc7c6ccc6ccccc67)c6ccccc56)cc4)cc3)cc(-c3cccc4oc5ccccc5c34)n2)cc1. The Morgan fingerprint density at radius 1 is 0.277 bits per heavy atom. The monoisotopic (exact) mass is 826 g/mol. The van der Waals surface area contributed by atoms with Crippen LogP contribution in [0.1, 0.15) is 0 Å². The fraction of sp³-hybridized carbons (Fsp3) is 0. The largest absolute Gasteiger partial charge is 0.456 e. The van der Waals surface area contributed by atoms with Crippen LogP contribution in [0.25, 0.3) is 132 Å². The van der Waals surface area contributed by atoms with Gasteiger partial charge in [0, 0.05) is 27.5 Å². The predicted molar refractivity (Wildman–Crippen MR) is 272 cm³/mol. The number of hydrogen-bond acceptors (Lipinski definition) is 3. The van der Waals surface area contributed by atoms with Gasteiger partial charge < -0.3 is 4.42 Å². The summed E-state index contributed by atoms with van der Waals surface area (Å²) >= 11 is 0. The summed E-state index contributed by atoms with van der Waals surface area (Å²) in [6.07, 6.45) is 0. The number of fused-ring (bicyclic) bond motifs is 8. The van der Waals surface area contributed by atoms with Crippen molar-refractivity contribution in [3.05, 3.63) is 231 Å². The molecule has 0 aliphatic heterocycles. The highest BCUT2D eigenvalue weighted by atomic mass is 16.3. The smallest absolute Gasteiger partial charge is 0.160 e. The standard InChI is InChI=1S/C62H38N2O/c1-2-14-44(15-3-1)62-63-56(38-57(64-62)53-22-12-24-59-61(53)54-21-10-11-23-58(54)65-59)43-31-27-40(28-32-43)39-25-29-42(30-26-39)47-35-36-51(50-20-9-8-19-49(47)50)60-48-18-7-5-16-45(48)37-55-46-17-6-4-13-41(46)33-34-52(55)60/h1-38H. The molecule has 0 amide bonds. The first-order valence-electron chi connectivity index (χ1n) is 22.1. The lowest BCUT2D eigenvalue weighted by Crippen LogP contribution is -1.96. The number of para-hydroxylation sites is 1. The van der Waals surface area contributed by atoms with E-state index >= 15 is 0 Å². The molecule has 13 rings (SSSR count). The van der Waals surface area contributed by atoms with Gasteiger partial charge in [0.25, 0.3) is 0 Å².